The lowest BCUT2D eigenvalue weighted by Gasteiger charge is -2.19. The number of hydrogen-bond donors (Lipinski definition) is 0. The first-order valence-corrected chi connectivity index (χ1v) is 5.94. The lowest BCUT2D eigenvalue weighted by atomic mass is 10.2. The van der Waals surface area contributed by atoms with E-state index in [1.165, 1.54) is 12.1 Å². The van der Waals surface area contributed by atoms with Gasteiger partial charge in [0.1, 0.15) is 5.75 Å². The van der Waals surface area contributed by atoms with Crippen LogP contribution in [0.1, 0.15) is 5.56 Å². The van der Waals surface area contributed by atoms with Crippen molar-refractivity contribution in [2.75, 3.05) is 34.2 Å². The molecule has 1 rings (SSSR count). The summed E-state index contributed by atoms with van der Waals surface area (Å²) in [4.78, 5) is 4.19. The van der Waals surface area contributed by atoms with Gasteiger partial charge < -0.3 is 14.5 Å². The highest BCUT2D eigenvalue weighted by Crippen LogP contribution is 2.22. The second-order valence-electron chi connectivity index (χ2n) is 4.73. The summed E-state index contributed by atoms with van der Waals surface area (Å²) in [6, 6.07) is 5.96. The van der Waals surface area contributed by atoms with Gasteiger partial charge in [-0.15, -0.1) is 13.2 Å². The second-order valence-corrected chi connectivity index (χ2v) is 4.73. The molecule has 3 nitrogen and oxygen atoms in total. The number of rotatable bonds is 6. The second kappa shape index (κ2) is 6.77. The minimum atomic E-state index is -4.63. The van der Waals surface area contributed by atoms with Gasteiger partial charge in [-0.3, -0.25) is 0 Å². The number of hydrogen-bond acceptors (Lipinski definition) is 3. The van der Waals surface area contributed by atoms with E-state index in [0.29, 0.717) is 6.54 Å². The Morgan fingerprint density at radius 2 is 1.58 bits per heavy atom. The van der Waals surface area contributed by atoms with Gasteiger partial charge in [-0.2, -0.15) is 0 Å². The molecule has 0 spiro atoms. The van der Waals surface area contributed by atoms with Crippen LogP contribution in [0.4, 0.5) is 13.2 Å². The van der Waals surface area contributed by atoms with Crippen LogP contribution >= 0.6 is 0 Å². The molecular formula is C13H19F3N2O. The Morgan fingerprint density at radius 3 is 2.05 bits per heavy atom. The lowest BCUT2D eigenvalue weighted by molar-refractivity contribution is -0.274. The zero-order valence-electron chi connectivity index (χ0n) is 11.4. The predicted molar refractivity (Wildman–Crippen MR) is 68.0 cm³/mol. The van der Waals surface area contributed by atoms with E-state index in [4.69, 9.17) is 0 Å². The van der Waals surface area contributed by atoms with E-state index in [1.54, 1.807) is 12.1 Å². The molecule has 0 amide bonds. The number of likely N-dealkylation sites (N-methyl/N-ethyl adjacent to an activating group) is 2. The minimum absolute atomic E-state index is 0.188. The number of benzene rings is 1. The predicted octanol–water partition coefficient (Wildman–Crippen LogP) is 2.58. The summed E-state index contributed by atoms with van der Waals surface area (Å²) in [6.07, 6.45) is -4.63. The molecule has 0 saturated heterocycles. The van der Waals surface area contributed by atoms with Gasteiger partial charge in [0.05, 0.1) is 0 Å². The first-order valence-electron chi connectivity index (χ1n) is 5.94. The van der Waals surface area contributed by atoms with Crippen LogP contribution in [0.2, 0.25) is 0 Å². The first-order chi connectivity index (χ1) is 8.76. The molecule has 0 fully saturated rings. The Balaban J connectivity index is 2.48. The van der Waals surface area contributed by atoms with E-state index in [2.05, 4.69) is 14.5 Å². The molecule has 0 aliphatic carbocycles. The lowest BCUT2D eigenvalue weighted by Crippen LogP contribution is -2.28. The maximum absolute atomic E-state index is 12.0. The zero-order valence-corrected chi connectivity index (χ0v) is 11.4. The number of ether oxygens (including phenoxy) is 1. The molecule has 108 valence electrons. The van der Waals surface area contributed by atoms with Crippen molar-refractivity contribution in [2.24, 2.45) is 0 Å². The third-order valence-corrected chi connectivity index (χ3v) is 2.54. The van der Waals surface area contributed by atoms with Crippen molar-refractivity contribution >= 4 is 0 Å². The fourth-order valence-corrected chi connectivity index (χ4v) is 1.56. The third kappa shape index (κ3) is 7.03. The fraction of sp³-hybridized carbons (Fsp3) is 0.538. The van der Waals surface area contributed by atoms with Gasteiger partial charge in [-0.05, 0) is 38.8 Å². The largest absolute Gasteiger partial charge is 0.573 e. The molecular weight excluding hydrogens is 257 g/mol. The van der Waals surface area contributed by atoms with Crippen molar-refractivity contribution in [3.63, 3.8) is 0 Å². The molecule has 0 bridgehead atoms. The summed E-state index contributed by atoms with van der Waals surface area (Å²) in [5.74, 6) is -0.188. The van der Waals surface area contributed by atoms with Crippen LogP contribution in [0.5, 0.6) is 5.75 Å². The maximum atomic E-state index is 12.0. The molecule has 0 aliphatic rings. The molecule has 0 unspecified atom stereocenters. The topological polar surface area (TPSA) is 15.7 Å². The van der Waals surface area contributed by atoms with Gasteiger partial charge in [0, 0.05) is 19.6 Å². The molecule has 0 aliphatic heterocycles. The highest BCUT2D eigenvalue weighted by Gasteiger charge is 2.30. The van der Waals surface area contributed by atoms with E-state index in [1.807, 2.05) is 21.1 Å². The summed E-state index contributed by atoms with van der Waals surface area (Å²) in [5, 5.41) is 0. The molecule has 19 heavy (non-hydrogen) atoms. The average Bonchev–Trinajstić information content (AvgIpc) is 2.27. The van der Waals surface area contributed by atoms with E-state index >= 15 is 0 Å². The van der Waals surface area contributed by atoms with Crippen molar-refractivity contribution in [1.82, 2.24) is 9.80 Å². The molecule has 0 aromatic heterocycles. The summed E-state index contributed by atoms with van der Waals surface area (Å²) in [7, 11) is 5.97. The van der Waals surface area contributed by atoms with Gasteiger partial charge in [0.15, 0.2) is 0 Å². The summed E-state index contributed by atoms with van der Waals surface area (Å²) < 4.78 is 39.8. The smallest absolute Gasteiger partial charge is 0.406 e. The van der Waals surface area contributed by atoms with Gasteiger partial charge in [-0.1, -0.05) is 12.1 Å². The average molecular weight is 276 g/mol. The first kappa shape index (κ1) is 15.8. The summed E-state index contributed by atoms with van der Waals surface area (Å²) >= 11 is 0. The molecule has 0 radical (unpaired) electrons. The van der Waals surface area contributed by atoms with Crippen molar-refractivity contribution in [1.29, 1.82) is 0 Å². The molecule has 1 aromatic carbocycles. The number of nitrogens with zero attached hydrogens (tertiary/aromatic N) is 2. The van der Waals surface area contributed by atoms with Crippen LogP contribution in [-0.2, 0) is 6.54 Å². The van der Waals surface area contributed by atoms with Gasteiger partial charge in [0.25, 0.3) is 0 Å². The highest BCUT2D eigenvalue weighted by molar-refractivity contribution is 5.27. The zero-order chi connectivity index (χ0) is 14.5. The van der Waals surface area contributed by atoms with E-state index in [-0.39, 0.29) is 5.75 Å². The maximum Gasteiger partial charge on any atom is 0.573 e. The Morgan fingerprint density at radius 1 is 1.00 bits per heavy atom. The van der Waals surface area contributed by atoms with Crippen molar-refractivity contribution < 1.29 is 17.9 Å². The van der Waals surface area contributed by atoms with E-state index in [9.17, 15) is 13.2 Å². The van der Waals surface area contributed by atoms with E-state index in [0.717, 1.165) is 18.7 Å². The van der Waals surface area contributed by atoms with Crippen LogP contribution in [0, 0.1) is 0 Å². The van der Waals surface area contributed by atoms with Crippen LogP contribution in [0.15, 0.2) is 24.3 Å². The van der Waals surface area contributed by atoms with Crippen LogP contribution in [0.3, 0.4) is 0 Å². The normalized spacial score (nSPS) is 12.2. The number of halogens is 3. The van der Waals surface area contributed by atoms with Crippen molar-refractivity contribution in [2.45, 2.75) is 12.9 Å². The number of alkyl halides is 3. The Labute approximate surface area is 111 Å². The van der Waals surface area contributed by atoms with Crippen LogP contribution in [-0.4, -0.2) is 50.4 Å². The fourth-order valence-electron chi connectivity index (χ4n) is 1.56. The standard InChI is InChI=1S/C13H19F3N2O/c1-17(2)8-9-18(3)10-11-4-6-12(7-5-11)19-13(14,15)16/h4-7H,8-10H2,1-3H3. The Hall–Kier alpha value is -1.27. The molecule has 1 aromatic rings. The third-order valence-electron chi connectivity index (χ3n) is 2.54. The van der Waals surface area contributed by atoms with Gasteiger partial charge in [-0.25, -0.2) is 0 Å². The van der Waals surface area contributed by atoms with Crippen molar-refractivity contribution in [3.8, 4) is 5.75 Å². The minimum Gasteiger partial charge on any atom is -0.406 e. The molecule has 0 heterocycles. The van der Waals surface area contributed by atoms with Crippen LogP contribution in [0.25, 0.3) is 0 Å². The van der Waals surface area contributed by atoms with Crippen LogP contribution < -0.4 is 4.74 Å². The Bertz CT molecular complexity index is 376. The quantitative estimate of drug-likeness (QED) is 0.794. The molecule has 6 heteroatoms. The SMILES string of the molecule is CN(C)CCN(C)Cc1ccc(OC(F)(F)F)cc1. The van der Waals surface area contributed by atoms with Crippen molar-refractivity contribution in [3.05, 3.63) is 29.8 Å². The molecule has 0 saturated carbocycles. The van der Waals surface area contributed by atoms with E-state index < -0.39 is 6.36 Å². The van der Waals surface area contributed by atoms with Gasteiger partial charge >= 0.3 is 6.36 Å². The molecule has 0 N–H and O–H groups in total. The monoisotopic (exact) mass is 276 g/mol. The highest BCUT2D eigenvalue weighted by atomic mass is 19.4. The van der Waals surface area contributed by atoms with Gasteiger partial charge in [0.2, 0.25) is 0 Å². The summed E-state index contributed by atoms with van der Waals surface area (Å²) in [5.41, 5.74) is 0.954. The summed E-state index contributed by atoms with van der Waals surface area (Å²) in [6.45, 7) is 2.53. The Kier molecular flexibility index (Phi) is 5.62. The molecule has 0 atom stereocenters.